The number of fused-ring (bicyclic) bond motifs is 1. The molecule has 2 amide bonds. The van der Waals surface area contributed by atoms with Gasteiger partial charge in [0.15, 0.2) is 0 Å². The highest BCUT2D eigenvalue weighted by atomic mass is 35.5. The smallest absolute Gasteiger partial charge is 0.268 e. The Hall–Kier alpha value is -3.30. The van der Waals surface area contributed by atoms with Crippen molar-refractivity contribution in [3.05, 3.63) is 82.4 Å². The molecule has 1 aliphatic heterocycles. The third-order valence-corrected chi connectivity index (χ3v) is 6.93. The molecule has 1 aliphatic rings. The van der Waals surface area contributed by atoms with Gasteiger partial charge in [-0.05, 0) is 47.4 Å². The van der Waals surface area contributed by atoms with E-state index < -0.39 is 27.8 Å². The highest BCUT2D eigenvalue weighted by Crippen LogP contribution is 2.37. The lowest BCUT2D eigenvalue weighted by Gasteiger charge is -2.19. The maximum atomic E-state index is 13.2. The van der Waals surface area contributed by atoms with Gasteiger partial charge in [0.05, 0.1) is 38.6 Å². The average Bonchev–Trinajstić information content (AvgIpc) is 3.02. The number of benzene rings is 2. The van der Waals surface area contributed by atoms with E-state index in [0.717, 1.165) is 22.7 Å². The lowest BCUT2D eigenvalue weighted by atomic mass is 9.87. The number of anilines is 2. The first-order chi connectivity index (χ1) is 15.4. The van der Waals surface area contributed by atoms with Gasteiger partial charge in [0.2, 0.25) is 5.95 Å². The van der Waals surface area contributed by atoms with Crippen LogP contribution < -0.4 is 9.62 Å². The van der Waals surface area contributed by atoms with E-state index in [4.69, 9.17) is 11.6 Å². The van der Waals surface area contributed by atoms with Crippen molar-refractivity contribution < 1.29 is 22.4 Å². The van der Waals surface area contributed by atoms with E-state index in [1.807, 2.05) is 20.8 Å². The molecule has 0 atom stereocenters. The van der Waals surface area contributed by atoms with Gasteiger partial charge in [-0.3, -0.25) is 14.3 Å². The fourth-order valence-electron chi connectivity index (χ4n) is 3.48. The molecule has 170 valence electrons. The summed E-state index contributed by atoms with van der Waals surface area (Å²) in [6, 6.07) is 11.3. The van der Waals surface area contributed by atoms with E-state index >= 15 is 0 Å². The molecule has 0 bridgehead atoms. The molecule has 0 radical (unpaired) electrons. The first-order valence-electron chi connectivity index (χ1n) is 9.86. The van der Waals surface area contributed by atoms with Crippen LogP contribution in [0.2, 0.25) is 5.02 Å². The molecule has 33 heavy (non-hydrogen) atoms. The van der Waals surface area contributed by atoms with Gasteiger partial charge in [-0.25, -0.2) is 18.3 Å². The lowest BCUT2D eigenvalue weighted by Crippen LogP contribution is -2.29. The van der Waals surface area contributed by atoms with Crippen LogP contribution in [0.25, 0.3) is 0 Å². The van der Waals surface area contributed by atoms with Crippen molar-refractivity contribution in [1.29, 1.82) is 0 Å². The minimum absolute atomic E-state index is 0.00411. The van der Waals surface area contributed by atoms with E-state index in [1.54, 1.807) is 12.1 Å². The molecule has 1 aromatic heterocycles. The van der Waals surface area contributed by atoms with Crippen molar-refractivity contribution in [3.63, 3.8) is 0 Å². The second-order valence-corrected chi connectivity index (χ2v) is 10.6. The van der Waals surface area contributed by atoms with Crippen LogP contribution in [-0.4, -0.2) is 25.2 Å². The molecular formula is C23H19ClFN3O4S. The number of carbonyl (C=O) groups excluding carboxylic acids is 2. The van der Waals surface area contributed by atoms with Crippen molar-refractivity contribution >= 4 is 44.8 Å². The molecule has 0 spiro atoms. The number of aromatic nitrogens is 1. The SMILES string of the molecule is CC(C)(C)c1ccc(S(=O)(=O)Nc2ccc(Cl)c3c2C(=O)N(c2ccc(F)nc2)C3=O)cc1. The van der Waals surface area contributed by atoms with Crippen LogP contribution in [0, 0.1) is 5.95 Å². The van der Waals surface area contributed by atoms with E-state index in [1.165, 1.54) is 30.3 Å². The van der Waals surface area contributed by atoms with Gasteiger partial charge >= 0.3 is 0 Å². The number of pyridine rings is 1. The van der Waals surface area contributed by atoms with E-state index in [-0.39, 0.29) is 37.8 Å². The summed E-state index contributed by atoms with van der Waals surface area (Å²) in [7, 11) is -4.08. The third kappa shape index (κ3) is 4.09. The Balaban J connectivity index is 1.73. The quantitative estimate of drug-likeness (QED) is 0.422. The zero-order chi connectivity index (χ0) is 24.1. The normalized spacial score (nSPS) is 13.9. The zero-order valence-corrected chi connectivity index (χ0v) is 19.5. The predicted octanol–water partition coefficient (Wildman–Crippen LogP) is 4.77. The Bertz CT molecular complexity index is 1380. The van der Waals surface area contributed by atoms with Crippen LogP contribution in [0.3, 0.4) is 0 Å². The van der Waals surface area contributed by atoms with Gasteiger partial charge < -0.3 is 0 Å². The van der Waals surface area contributed by atoms with Gasteiger partial charge in [0.1, 0.15) is 0 Å². The fraction of sp³-hybridized carbons (Fsp3) is 0.174. The van der Waals surface area contributed by atoms with E-state index in [0.29, 0.717) is 0 Å². The van der Waals surface area contributed by atoms with Crippen LogP contribution in [-0.2, 0) is 15.4 Å². The highest BCUT2D eigenvalue weighted by Gasteiger charge is 2.41. The topological polar surface area (TPSA) is 96.4 Å². The maximum Gasteiger partial charge on any atom is 0.268 e. The molecule has 0 saturated heterocycles. The first-order valence-corrected chi connectivity index (χ1v) is 11.7. The van der Waals surface area contributed by atoms with Crippen molar-refractivity contribution in [3.8, 4) is 0 Å². The fourth-order valence-corrected chi connectivity index (χ4v) is 4.79. The molecule has 0 fully saturated rings. The summed E-state index contributed by atoms with van der Waals surface area (Å²) in [5.74, 6) is -2.34. The molecule has 0 unspecified atom stereocenters. The molecule has 2 heterocycles. The first kappa shape index (κ1) is 22.9. The number of hydrogen-bond acceptors (Lipinski definition) is 5. The minimum atomic E-state index is -4.08. The number of rotatable bonds is 4. The summed E-state index contributed by atoms with van der Waals surface area (Å²) in [5.41, 5.74) is 0.410. The number of nitrogens with one attached hydrogen (secondary N) is 1. The Labute approximate surface area is 195 Å². The molecular weight excluding hydrogens is 469 g/mol. The van der Waals surface area contributed by atoms with Gasteiger partial charge in [0.25, 0.3) is 21.8 Å². The molecule has 0 saturated carbocycles. The second-order valence-electron chi connectivity index (χ2n) is 8.51. The second kappa shape index (κ2) is 7.93. The Morgan fingerprint density at radius 3 is 2.15 bits per heavy atom. The van der Waals surface area contributed by atoms with E-state index in [9.17, 15) is 22.4 Å². The minimum Gasteiger partial charge on any atom is -0.279 e. The zero-order valence-electron chi connectivity index (χ0n) is 17.9. The molecule has 7 nitrogen and oxygen atoms in total. The Morgan fingerprint density at radius 2 is 1.58 bits per heavy atom. The van der Waals surface area contributed by atoms with E-state index in [2.05, 4.69) is 9.71 Å². The molecule has 2 aromatic carbocycles. The number of hydrogen-bond donors (Lipinski definition) is 1. The highest BCUT2D eigenvalue weighted by molar-refractivity contribution is 7.92. The third-order valence-electron chi connectivity index (χ3n) is 5.23. The number of sulfonamides is 1. The molecule has 3 aromatic rings. The van der Waals surface area contributed by atoms with Crippen LogP contribution >= 0.6 is 11.6 Å². The number of nitrogens with zero attached hydrogens (tertiary/aromatic N) is 2. The van der Waals surface area contributed by atoms with Crippen molar-refractivity contribution in [1.82, 2.24) is 4.98 Å². The van der Waals surface area contributed by atoms with Crippen molar-refractivity contribution in [2.75, 3.05) is 9.62 Å². The summed E-state index contributed by atoms with van der Waals surface area (Å²) < 4.78 is 41.6. The maximum absolute atomic E-state index is 13.2. The number of imide groups is 1. The Kier molecular flexibility index (Phi) is 5.50. The molecule has 10 heteroatoms. The number of amides is 2. The lowest BCUT2D eigenvalue weighted by molar-refractivity contribution is 0.0926. The molecule has 4 rings (SSSR count). The van der Waals surface area contributed by atoms with Gasteiger partial charge in [-0.2, -0.15) is 4.39 Å². The summed E-state index contributed by atoms with van der Waals surface area (Å²) in [4.78, 5) is 30.3. The summed E-state index contributed by atoms with van der Waals surface area (Å²) >= 11 is 6.18. The average molecular weight is 488 g/mol. The Morgan fingerprint density at radius 1 is 0.939 bits per heavy atom. The molecule has 0 aliphatic carbocycles. The summed E-state index contributed by atoms with van der Waals surface area (Å²) in [6.45, 7) is 6.03. The van der Waals surface area contributed by atoms with Crippen LogP contribution in [0.4, 0.5) is 15.8 Å². The number of carbonyl (C=O) groups is 2. The van der Waals surface area contributed by atoms with Crippen molar-refractivity contribution in [2.24, 2.45) is 0 Å². The largest absolute Gasteiger partial charge is 0.279 e. The van der Waals surface area contributed by atoms with Gasteiger partial charge in [0, 0.05) is 0 Å². The van der Waals surface area contributed by atoms with Crippen LogP contribution in [0.1, 0.15) is 47.1 Å². The van der Waals surface area contributed by atoms with Gasteiger partial charge in [-0.15, -0.1) is 0 Å². The van der Waals surface area contributed by atoms with Crippen LogP contribution in [0.5, 0.6) is 0 Å². The van der Waals surface area contributed by atoms with Crippen molar-refractivity contribution in [2.45, 2.75) is 31.1 Å². The van der Waals surface area contributed by atoms with Crippen LogP contribution in [0.15, 0.2) is 59.6 Å². The predicted molar refractivity (Wildman–Crippen MR) is 123 cm³/mol. The monoisotopic (exact) mass is 487 g/mol. The summed E-state index contributed by atoms with van der Waals surface area (Å²) in [6.07, 6.45) is 1.03. The summed E-state index contributed by atoms with van der Waals surface area (Å²) in [5, 5.41) is -0.0154. The molecule has 1 N–H and O–H groups in total. The standard InChI is InChI=1S/C23H19ClFN3O4S/c1-23(2,3)13-4-7-15(8-5-13)33(31,32)27-17-10-9-16(24)19-20(17)22(30)28(21(19)29)14-6-11-18(25)26-12-14/h4-12,27H,1-3H3. The van der Waals surface area contributed by atoms with Gasteiger partial charge in [-0.1, -0.05) is 44.5 Å². The number of halogens is 2.